The van der Waals surface area contributed by atoms with E-state index in [0.29, 0.717) is 0 Å². The number of carbonyl (C=O) groups is 4. The van der Waals surface area contributed by atoms with Crippen LogP contribution in [0.5, 0.6) is 0 Å². The van der Waals surface area contributed by atoms with Gasteiger partial charge in [-0.3, -0.25) is 4.79 Å². The molecule has 3 rings (SSSR count). The summed E-state index contributed by atoms with van der Waals surface area (Å²) in [6.07, 6.45) is -8.84. The number of hydrogen-bond donors (Lipinski definition) is 6. The summed E-state index contributed by atoms with van der Waals surface area (Å²) in [5.41, 5.74) is -4.05. The van der Waals surface area contributed by atoms with Crippen molar-refractivity contribution < 1.29 is 63.3 Å². The van der Waals surface area contributed by atoms with E-state index < -0.39 is 101 Å². The van der Waals surface area contributed by atoms with Crippen LogP contribution in [0.25, 0.3) is 0 Å². The summed E-state index contributed by atoms with van der Waals surface area (Å²) >= 11 is 0. The zero-order valence-corrected chi connectivity index (χ0v) is 31.8. The lowest BCUT2D eigenvalue weighted by Crippen LogP contribution is -2.67. The molecule has 2 heterocycles. The molecule has 1 saturated carbocycles. The average Bonchev–Trinajstić information content (AvgIpc) is 3.03. The Hall–Kier alpha value is -2.96. The number of alkyl carbamates (subject to hydrolysis) is 1. The first-order valence-corrected chi connectivity index (χ1v) is 17.4. The quantitative estimate of drug-likeness (QED) is 0.160. The lowest BCUT2D eigenvalue weighted by molar-refractivity contribution is -0.297. The van der Waals surface area contributed by atoms with Crippen LogP contribution in [0.3, 0.4) is 0 Å². The van der Waals surface area contributed by atoms with E-state index in [4.69, 9.17) is 23.7 Å². The van der Waals surface area contributed by atoms with E-state index in [0.717, 1.165) is 4.90 Å². The Morgan fingerprint density at radius 1 is 0.863 bits per heavy atom. The summed E-state index contributed by atoms with van der Waals surface area (Å²) in [7, 11) is 1.37. The third kappa shape index (κ3) is 12.3. The van der Waals surface area contributed by atoms with Gasteiger partial charge in [-0.15, -0.1) is 0 Å². The van der Waals surface area contributed by atoms with Gasteiger partial charge >= 0.3 is 18.3 Å². The highest BCUT2D eigenvalue weighted by molar-refractivity contribution is 5.82. The van der Waals surface area contributed by atoms with Gasteiger partial charge in [-0.25, -0.2) is 14.4 Å². The minimum Gasteiger partial charge on any atom is -0.444 e. The third-order valence-corrected chi connectivity index (χ3v) is 8.57. The van der Waals surface area contributed by atoms with Crippen LogP contribution in [0.1, 0.15) is 88.5 Å². The van der Waals surface area contributed by atoms with Crippen LogP contribution in [-0.2, 0) is 28.5 Å². The number of carbonyl (C=O) groups excluding carboxylic acids is 4. The van der Waals surface area contributed by atoms with Gasteiger partial charge in [-0.1, -0.05) is 0 Å². The predicted molar refractivity (Wildman–Crippen MR) is 181 cm³/mol. The molecular formula is C34H60N4O13. The molecule has 6 N–H and O–H groups in total. The number of hydrogen-bond acceptors (Lipinski definition) is 13. The molecule has 3 fully saturated rings. The molecule has 0 spiro atoms. The number of ether oxygens (including phenoxy) is 5. The average molecular weight is 733 g/mol. The minimum absolute atomic E-state index is 0.0314. The summed E-state index contributed by atoms with van der Waals surface area (Å²) in [5, 5.41) is 50.3. The molecule has 17 heteroatoms. The zero-order chi connectivity index (χ0) is 38.9. The Balaban J connectivity index is 1.76. The van der Waals surface area contributed by atoms with Gasteiger partial charge in [-0.05, 0) is 88.5 Å². The molecule has 51 heavy (non-hydrogen) atoms. The highest BCUT2D eigenvalue weighted by atomic mass is 16.7. The van der Waals surface area contributed by atoms with Gasteiger partial charge in [0, 0.05) is 38.1 Å². The Bertz CT molecular complexity index is 1240. The van der Waals surface area contributed by atoms with E-state index in [2.05, 4.69) is 10.6 Å². The van der Waals surface area contributed by atoms with E-state index >= 15 is 0 Å². The molecule has 2 aliphatic heterocycles. The molecule has 9 atom stereocenters. The molecule has 0 radical (unpaired) electrons. The topological polar surface area (TPSA) is 226 Å². The molecule has 4 amide bonds. The van der Waals surface area contributed by atoms with E-state index in [1.165, 1.54) is 18.9 Å². The highest BCUT2D eigenvalue weighted by Crippen LogP contribution is 2.32. The Kier molecular flexibility index (Phi) is 13.3. The molecule has 9 unspecified atom stereocenters. The first-order valence-electron chi connectivity index (χ1n) is 17.4. The maximum Gasteiger partial charge on any atom is 0.410 e. The number of aliphatic hydroxyl groups excluding tert-OH is 3. The van der Waals surface area contributed by atoms with Crippen molar-refractivity contribution in [1.29, 1.82) is 0 Å². The molecule has 294 valence electrons. The van der Waals surface area contributed by atoms with Gasteiger partial charge in [0.05, 0.1) is 24.9 Å². The fraction of sp³-hybridized carbons (Fsp3) is 0.882. The molecule has 0 aromatic heterocycles. The minimum atomic E-state index is -1.71. The van der Waals surface area contributed by atoms with Crippen LogP contribution in [-0.4, -0.2) is 152 Å². The number of nitrogens with zero attached hydrogens (tertiary/aromatic N) is 2. The normalized spacial score (nSPS) is 31.4. The lowest BCUT2D eigenvalue weighted by atomic mass is 9.88. The Morgan fingerprint density at radius 2 is 1.41 bits per heavy atom. The van der Waals surface area contributed by atoms with Crippen LogP contribution >= 0.6 is 0 Å². The number of aliphatic hydroxyl groups is 4. The summed E-state index contributed by atoms with van der Waals surface area (Å²) in [6, 6.07) is -2.70. The van der Waals surface area contributed by atoms with Crippen molar-refractivity contribution in [3.05, 3.63) is 0 Å². The van der Waals surface area contributed by atoms with Crippen LogP contribution in [0.4, 0.5) is 14.4 Å². The first kappa shape index (κ1) is 42.5. The van der Waals surface area contributed by atoms with Crippen molar-refractivity contribution in [1.82, 2.24) is 20.4 Å². The molecule has 0 aromatic rings. The smallest absolute Gasteiger partial charge is 0.410 e. The number of likely N-dealkylation sites (tertiary alicyclic amines) is 1. The van der Waals surface area contributed by atoms with E-state index in [1.54, 1.807) is 62.3 Å². The number of rotatable bonds is 7. The first-order chi connectivity index (χ1) is 23.2. The van der Waals surface area contributed by atoms with Gasteiger partial charge < -0.3 is 64.5 Å². The summed E-state index contributed by atoms with van der Waals surface area (Å²) in [4.78, 5) is 53.7. The van der Waals surface area contributed by atoms with Crippen LogP contribution < -0.4 is 10.6 Å². The molecule has 17 nitrogen and oxygen atoms in total. The molecule has 1 aliphatic carbocycles. The van der Waals surface area contributed by atoms with Gasteiger partial charge in [-0.2, -0.15) is 0 Å². The van der Waals surface area contributed by atoms with Crippen LogP contribution in [0.15, 0.2) is 0 Å². The van der Waals surface area contributed by atoms with Crippen molar-refractivity contribution in [3.8, 4) is 0 Å². The Morgan fingerprint density at radius 3 is 1.96 bits per heavy atom. The predicted octanol–water partition coefficient (Wildman–Crippen LogP) is 1.23. The second kappa shape index (κ2) is 16.0. The zero-order valence-electron chi connectivity index (χ0n) is 31.8. The van der Waals surface area contributed by atoms with E-state index in [9.17, 15) is 39.6 Å². The third-order valence-electron chi connectivity index (χ3n) is 8.57. The fourth-order valence-corrected chi connectivity index (χ4v) is 6.30. The van der Waals surface area contributed by atoms with Crippen molar-refractivity contribution in [2.75, 3.05) is 26.7 Å². The summed E-state index contributed by atoms with van der Waals surface area (Å²) in [5.74, 6) is -1.27. The second-order valence-corrected chi connectivity index (χ2v) is 17.2. The van der Waals surface area contributed by atoms with Gasteiger partial charge in [0.1, 0.15) is 34.6 Å². The highest BCUT2D eigenvalue weighted by Gasteiger charge is 2.52. The number of nitrogens with one attached hydrogen (secondary N) is 2. The van der Waals surface area contributed by atoms with Gasteiger partial charge in [0.15, 0.2) is 6.29 Å². The Labute approximate surface area is 300 Å². The van der Waals surface area contributed by atoms with Crippen molar-refractivity contribution in [2.24, 2.45) is 5.92 Å². The molecule has 0 bridgehead atoms. The SMILES string of the molecule is CN(C(=O)OC(C)(C)C)C1C(O)C(OC2CC(NC(=O)C(O)C3CN(C(=O)OC(C)(C)C)C3)CC(NC(=O)OC(C)(C)C)CC2O)OCC1(C)O. The van der Waals surface area contributed by atoms with Crippen molar-refractivity contribution in [3.63, 3.8) is 0 Å². The maximum absolute atomic E-state index is 13.3. The summed E-state index contributed by atoms with van der Waals surface area (Å²) < 4.78 is 28.0. The molecular weight excluding hydrogens is 672 g/mol. The largest absolute Gasteiger partial charge is 0.444 e. The molecule has 0 aromatic carbocycles. The number of likely N-dealkylation sites (N-methyl/N-ethyl adjacent to an activating group) is 1. The number of amides is 4. The lowest BCUT2D eigenvalue weighted by Gasteiger charge is -2.48. The van der Waals surface area contributed by atoms with Gasteiger partial charge in [0.2, 0.25) is 5.91 Å². The van der Waals surface area contributed by atoms with E-state index in [-0.39, 0.29) is 39.0 Å². The van der Waals surface area contributed by atoms with Crippen LogP contribution in [0.2, 0.25) is 0 Å². The van der Waals surface area contributed by atoms with E-state index in [1.807, 2.05) is 0 Å². The molecule has 2 saturated heterocycles. The monoisotopic (exact) mass is 732 g/mol. The second-order valence-electron chi connectivity index (χ2n) is 17.2. The van der Waals surface area contributed by atoms with Crippen LogP contribution in [0, 0.1) is 5.92 Å². The van der Waals surface area contributed by atoms with Crippen molar-refractivity contribution in [2.45, 2.75) is 160 Å². The fourth-order valence-electron chi connectivity index (χ4n) is 6.30. The van der Waals surface area contributed by atoms with Crippen molar-refractivity contribution >= 4 is 24.2 Å². The van der Waals surface area contributed by atoms with Gasteiger partial charge in [0.25, 0.3) is 0 Å². The standard InChI is InChI=1S/C34H60N4O13/c1-31(2,3)49-28(43)36-19-12-20(35-26(42)23(40)18-15-38(16-18)30(45)51-33(7,8)9)14-22(21(39)13-19)48-27-24(41)25(34(10,46)17-47-27)37(11)29(44)50-32(4,5)6/h18-25,27,39-41,46H,12-17H2,1-11H3,(H,35,42)(H,36,43). The maximum atomic E-state index is 13.3. The summed E-state index contributed by atoms with van der Waals surface area (Å²) in [6.45, 7) is 16.6. The molecule has 3 aliphatic rings.